The maximum absolute atomic E-state index is 12.5. The molecule has 0 amide bonds. The van der Waals surface area contributed by atoms with Crippen molar-refractivity contribution in [2.24, 2.45) is 0 Å². The molecule has 0 aliphatic heterocycles. The van der Waals surface area contributed by atoms with Gasteiger partial charge in [0.1, 0.15) is 6.54 Å². The van der Waals surface area contributed by atoms with E-state index in [-0.39, 0.29) is 0 Å². The summed E-state index contributed by atoms with van der Waals surface area (Å²) in [5.74, 6) is 0. The molecule has 0 radical (unpaired) electrons. The molecule has 3 heterocycles. The predicted molar refractivity (Wildman–Crippen MR) is 73.8 cm³/mol. The Morgan fingerprint density at radius 2 is 2.09 bits per heavy atom. The molecule has 0 aliphatic rings. The molecule has 3 rings (SSSR count). The molecule has 114 valence electrons. The number of rotatable bonds is 3. The molecule has 0 aliphatic carbocycles. The van der Waals surface area contributed by atoms with E-state index < -0.39 is 12.7 Å². The Kier molecular flexibility index (Phi) is 3.44. The van der Waals surface area contributed by atoms with E-state index in [0.29, 0.717) is 22.6 Å². The second kappa shape index (κ2) is 5.28. The third-order valence-electron chi connectivity index (χ3n) is 3.26. The van der Waals surface area contributed by atoms with Crippen molar-refractivity contribution in [3.63, 3.8) is 0 Å². The molecule has 8 heteroatoms. The topological polar surface area (TPSA) is 59.4 Å². The number of pyridine rings is 1. The second-order valence-electron chi connectivity index (χ2n) is 4.83. The third-order valence-corrected chi connectivity index (χ3v) is 3.26. The monoisotopic (exact) mass is 307 g/mol. The van der Waals surface area contributed by atoms with E-state index in [0.717, 1.165) is 10.2 Å². The first kappa shape index (κ1) is 14.3. The highest BCUT2D eigenvalue weighted by atomic mass is 19.4. The molecule has 0 atom stereocenters. The van der Waals surface area contributed by atoms with Crippen molar-refractivity contribution in [3.8, 4) is 22.5 Å². The molecule has 3 aromatic rings. The summed E-state index contributed by atoms with van der Waals surface area (Å²) in [5.41, 5.74) is 3.13. The standard InChI is InChI=1S/C14H12F3N5/c1-9-11(7-19-22(9)8-14(15,16)17)13-5-12(20-21-13)10-3-2-4-18-6-10/h2-7H,8H2,1H3,(H,20,21). The Morgan fingerprint density at radius 3 is 2.77 bits per heavy atom. The molecule has 22 heavy (non-hydrogen) atoms. The molecule has 0 fully saturated rings. The van der Waals surface area contributed by atoms with Gasteiger partial charge in [0, 0.05) is 29.2 Å². The smallest absolute Gasteiger partial charge is 0.277 e. The van der Waals surface area contributed by atoms with Crippen LogP contribution in [0.15, 0.2) is 36.8 Å². The molecule has 0 spiro atoms. The summed E-state index contributed by atoms with van der Waals surface area (Å²) in [6.45, 7) is 0.487. The first-order valence-corrected chi connectivity index (χ1v) is 6.49. The molecule has 0 bridgehead atoms. The van der Waals surface area contributed by atoms with Crippen LogP contribution in [0.4, 0.5) is 13.2 Å². The van der Waals surface area contributed by atoms with Crippen LogP contribution in [0.25, 0.3) is 22.5 Å². The van der Waals surface area contributed by atoms with Gasteiger partial charge in [-0.1, -0.05) is 0 Å². The van der Waals surface area contributed by atoms with Crippen molar-refractivity contribution in [2.45, 2.75) is 19.6 Å². The zero-order valence-corrected chi connectivity index (χ0v) is 11.6. The lowest BCUT2D eigenvalue weighted by Crippen LogP contribution is -2.19. The summed E-state index contributed by atoms with van der Waals surface area (Å²) in [6.07, 6.45) is 0.423. The zero-order chi connectivity index (χ0) is 15.7. The highest BCUT2D eigenvalue weighted by Crippen LogP contribution is 2.27. The van der Waals surface area contributed by atoms with Crippen molar-refractivity contribution in [1.29, 1.82) is 0 Å². The van der Waals surface area contributed by atoms with Crippen molar-refractivity contribution in [3.05, 3.63) is 42.5 Å². The van der Waals surface area contributed by atoms with Crippen LogP contribution in [-0.4, -0.2) is 31.1 Å². The van der Waals surface area contributed by atoms with E-state index in [1.807, 2.05) is 6.07 Å². The zero-order valence-electron chi connectivity index (χ0n) is 11.6. The van der Waals surface area contributed by atoms with E-state index in [4.69, 9.17) is 0 Å². The summed E-state index contributed by atoms with van der Waals surface area (Å²) in [4.78, 5) is 4.01. The normalized spacial score (nSPS) is 11.8. The quantitative estimate of drug-likeness (QED) is 0.808. The highest BCUT2D eigenvalue weighted by Gasteiger charge is 2.29. The number of nitrogens with one attached hydrogen (secondary N) is 1. The van der Waals surface area contributed by atoms with Gasteiger partial charge in [0.15, 0.2) is 0 Å². The lowest BCUT2D eigenvalue weighted by atomic mass is 10.1. The van der Waals surface area contributed by atoms with E-state index >= 15 is 0 Å². The summed E-state index contributed by atoms with van der Waals surface area (Å²) in [5, 5.41) is 10.8. The summed E-state index contributed by atoms with van der Waals surface area (Å²) >= 11 is 0. The number of nitrogens with zero attached hydrogens (tertiary/aromatic N) is 4. The Bertz CT molecular complexity index is 773. The van der Waals surface area contributed by atoms with Crippen LogP contribution < -0.4 is 0 Å². The number of hydrogen-bond donors (Lipinski definition) is 1. The van der Waals surface area contributed by atoms with Gasteiger partial charge in [0.25, 0.3) is 0 Å². The molecule has 5 nitrogen and oxygen atoms in total. The molecule has 0 aromatic carbocycles. The van der Waals surface area contributed by atoms with E-state index in [1.165, 1.54) is 6.20 Å². The lowest BCUT2D eigenvalue weighted by Gasteiger charge is -2.08. The molecule has 0 saturated carbocycles. The number of H-pyrrole nitrogens is 1. The lowest BCUT2D eigenvalue weighted by molar-refractivity contribution is -0.142. The van der Waals surface area contributed by atoms with Crippen LogP contribution in [0.1, 0.15) is 5.69 Å². The van der Waals surface area contributed by atoms with Crippen molar-refractivity contribution >= 4 is 0 Å². The molecular formula is C14H12F3N5. The Hall–Kier alpha value is -2.64. The van der Waals surface area contributed by atoms with Crippen molar-refractivity contribution in [2.75, 3.05) is 0 Å². The molecule has 3 aromatic heterocycles. The van der Waals surface area contributed by atoms with Gasteiger partial charge in [0.2, 0.25) is 0 Å². The third kappa shape index (κ3) is 2.85. The summed E-state index contributed by atoms with van der Waals surface area (Å²) in [7, 11) is 0. The van der Waals surface area contributed by atoms with Gasteiger partial charge in [-0.05, 0) is 25.1 Å². The maximum atomic E-state index is 12.5. The largest absolute Gasteiger partial charge is 0.408 e. The maximum Gasteiger partial charge on any atom is 0.408 e. The fourth-order valence-corrected chi connectivity index (χ4v) is 2.16. The minimum Gasteiger partial charge on any atom is -0.277 e. The summed E-state index contributed by atoms with van der Waals surface area (Å²) in [6, 6.07) is 5.40. The van der Waals surface area contributed by atoms with Gasteiger partial charge in [-0.2, -0.15) is 23.4 Å². The van der Waals surface area contributed by atoms with Crippen LogP contribution >= 0.6 is 0 Å². The van der Waals surface area contributed by atoms with Crippen molar-refractivity contribution < 1.29 is 13.2 Å². The Labute approximate surface area is 123 Å². The minimum absolute atomic E-state index is 0.429. The molecule has 0 unspecified atom stereocenters. The number of alkyl halides is 3. The number of halogens is 3. The fraction of sp³-hybridized carbons (Fsp3) is 0.214. The number of aromatic nitrogens is 5. The van der Waals surface area contributed by atoms with Gasteiger partial charge >= 0.3 is 6.18 Å². The first-order chi connectivity index (χ1) is 10.4. The highest BCUT2D eigenvalue weighted by molar-refractivity contribution is 5.68. The average molecular weight is 307 g/mol. The average Bonchev–Trinajstić information content (AvgIpc) is 3.07. The first-order valence-electron chi connectivity index (χ1n) is 6.49. The molecule has 0 saturated heterocycles. The SMILES string of the molecule is Cc1c(-c2cc(-c3cccnc3)n[nH]2)cnn1CC(F)(F)F. The fourth-order valence-electron chi connectivity index (χ4n) is 2.16. The predicted octanol–water partition coefficient (Wildman–Crippen LogP) is 3.21. The van der Waals surface area contributed by atoms with Crippen LogP contribution in [0.3, 0.4) is 0 Å². The van der Waals surface area contributed by atoms with Crippen LogP contribution in [0, 0.1) is 6.92 Å². The van der Waals surface area contributed by atoms with Gasteiger partial charge in [-0.15, -0.1) is 0 Å². The van der Waals surface area contributed by atoms with Gasteiger partial charge in [0.05, 0.1) is 17.6 Å². The van der Waals surface area contributed by atoms with E-state index in [1.54, 1.807) is 31.5 Å². The van der Waals surface area contributed by atoms with Crippen molar-refractivity contribution in [1.82, 2.24) is 25.0 Å². The van der Waals surface area contributed by atoms with Gasteiger partial charge in [-0.3, -0.25) is 14.8 Å². The van der Waals surface area contributed by atoms with E-state index in [2.05, 4.69) is 20.3 Å². The Balaban J connectivity index is 1.91. The Morgan fingerprint density at radius 1 is 1.27 bits per heavy atom. The van der Waals surface area contributed by atoms with Gasteiger partial charge in [-0.25, -0.2) is 0 Å². The van der Waals surface area contributed by atoms with Crippen LogP contribution in [0.2, 0.25) is 0 Å². The summed E-state index contributed by atoms with van der Waals surface area (Å²) < 4.78 is 38.3. The minimum atomic E-state index is -4.30. The number of hydrogen-bond acceptors (Lipinski definition) is 3. The number of aromatic amines is 1. The van der Waals surface area contributed by atoms with Crippen LogP contribution in [0.5, 0.6) is 0 Å². The second-order valence-corrected chi connectivity index (χ2v) is 4.83. The molecular weight excluding hydrogens is 295 g/mol. The van der Waals surface area contributed by atoms with E-state index in [9.17, 15) is 13.2 Å². The van der Waals surface area contributed by atoms with Gasteiger partial charge < -0.3 is 0 Å². The molecule has 1 N–H and O–H groups in total. The van der Waals surface area contributed by atoms with Crippen LogP contribution in [-0.2, 0) is 6.54 Å².